The largest absolute Gasteiger partial charge is 0.394 e. The maximum Gasteiger partial charge on any atom is 0.132 e. The predicted molar refractivity (Wildman–Crippen MR) is 62.4 cm³/mol. The topological polar surface area (TPSA) is 110 Å². The van der Waals surface area contributed by atoms with E-state index in [0.717, 1.165) is 11.8 Å². The molecule has 1 fully saturated rings. The van der Waals surface area contributed by atoms with Gasteiger partial charge in [0.15, 0.2) is 0 Å². The fraction of sp³-hybridized carbons (Fsp3) is 0.800. The van der Waals surface area contributed by atoms with Crippen molar-refractivity contribution in [3.8, 4) is 0 Å². The zero-order valence-electron chi connectivity index (χ0n) is 9.22. The van der Waals surface area contributed by atoms with Crippen molar-refractivity contribution >= 4 is 11.8 Å². The molecule has 0 saturated carbocycles. The first-order valence-corrected chi connectivity index (χ1v) is 6.28. The number of rotatable bonds is 5. The first-order valence-electron chi connectivity index (χ1n) is 5.24. The summed E-state index contributed by atoms with van der Waals surface area (Å²) in [6, 6.07) is 0. The summed E-state index contributed by atoms with van der Waals surface area (Å²) in [5.74, 6) is 0.242. The van der Waals surface area contributed by atoms with Gasteiger partial charge in [-0.1, -0.05) is 6.08 Å². The van der Waals surface area contributed by atoms with Gasteiger partial charge in [-0.15, -0.1) is 18.3 Å². The van der Waals surface area contributed by atoms with E-state index in [1.165, 1.54) is 6.08 Å². The van der Waals surface area contributed by atoms with E-state index in [-0.39, 0.29) is 5.75 Å². The third-order valence-electron chi connectivity index (χ3n) is 2.55. The Bertz CT molecular complexity index is 249. The molecule has 1 heterocycles. The number of ether oxygens (including phenoxy) is 1. The lowest BCUT2D eigenvalue weighted by Crippen LogP contribution is -2.57. The number of aliphatic hydroxyl groups excluding tert-OH is 5. The molecule has 1 aliphatic rings. The summed E-state index contributed by atoms with van der Waals surface area (Å²) < 4.78 is 5.23. The fourth-order valence-electron chi connectivity index (χ4n) is 1.47. The highest BCUT2D eigenvalue weighted by molar-refractivity contribution is 7.99. The molecular formula is C10H18O6S. The zero-order chi connectivity index (χ0) is 13.0. The molecule has 1 aliphatic heterocycles. The Labute approximate surface area is 104 Å². The predicted octanol–water partition coefficient (Wildman–Crippen LogP) is -1.93. The number of aliphatic hydroxyl groups is 5. The van der Waals surface area contributed by atoms with E-state index in [0.29, 0.717) is 0 Å². The summed E-state index contributed by atoms with van der Waals surface area (Å²) in [6.07, 6.45) is -4.30. The minimum Gasteiger partial charge on any atom is -0.394 e. The molecule has 1 saturated heterocycles. The van der Waals surface area contributed by atoms with Crippen LogP contribution in [-0.4, -0.2) is 73.8 Å². The SMILES string of the molecule is C=CC(O)CS[C@@H]1O[C@H](CO)[C@@H](O)[C@H](O)[C@H]1O. The average molecular weight is 266 g/mol. The van der Waals surface area contributed by atoms with Gasteiger partial charge in [0, 0.05) is 5.75 Å². The Kier molecular flexibility index (Phi) is 5.87. The first-order chi connectivity index (χ1) is 8.01. The van der Waals surface area contributed by atoms with Crippen molar-refractivity contribution in [2.24, 2.45) is 0 Å². The third kappa shape index (κ3) is 3.65. The molecule has 7 heteroatoms. The molecule has 5 N–H and O–H groups in total. The molecular weight excluding hydrogens is 248 g/mol. The van der Waals surface area contributed by atoms with Crippen molar-refractivity contribution in [1.29, 1.82) is 0 Å². The molecule has 0 aliphatic carbocycles. The Hall–Kier alpha value is -0.150. The average Bonchev–Trinajstić information content (AvgIpc) is 2.34. The van der Waals surface area contributed by atoms with Crippen LogP contribution in [0.25, 0.3) is 0 Å². The van der Waals surface area contributed by atoms with Crippen LogP contribution < -0.4 is 0 Å². The van der Waals surface area contributed by atoms with Gasteiger partial charge in [-0.05, 0) is 0 Å². The van der Waals surface area contributed by atoms with Crippen LogP contribution in [0.3, 0.4) is 0 Å². The third-order valence-corrected chi connectivity index (χ3v) is 3.80. The Morgan fingerprint density at radius 1 is 1.24 bits per heavy atom. The molecule has 0 radical (unpaired) electrons. The van der Waals surface area contributed by atoms with Gasteiger partial charge in [0.2, 0.25) is 0 Å². The van der Waals surface area contributed by atoms with Crippen LogP contribution in [-0.2, 0) is 4.74 Å². The molecule has 0 spiro atoms. The standard InChI is InChI=1S/C10H18O6S/c1-2-5(12)4-17-10-9(15)8(14)7(13)6(3-11)16-10/h2,5-15H,1,3-4H2/t5?,6-,7-,8+,9-,10+/m1/s1. The van der Waals surface area contributed by atoms with E-state index < -0.39 is 42.6 Å². The summed E-state index contributed by atoms with van der Waals surface area (Å²) in [5.41, 5.74) is -0.805. The summed E-state index contributed by atoms with van der Waals surface area (Å²) >= 11 is 1.09. The minimum absolute atomic E-state index is 0.242. The lowest BCUT2D eigenvalue weighted by atomic mass is 10.0. The molecule has 17 heavy (non-hydrogen) atoms. The molecule has 6 nitrogen and oxygen atoms in total. The monoisotopic (exact) mass is 266 g/mol. The van der Waals surface area contributed by atoms with Crippen LogP contribution in [0.1, 0.15) is 0 Å². The fourth-order valence-corrected chi connectivity index (χ4v) is 2.57. The Balaban J connectivity index is 2.56. The van der Waals surface area contributed by atoms with Crippen LogP contribution in [0.4, 0.5) is 0 Å². The quantitative estimate of drug-likeness (QED) is 0.368. The number of hydrogen-bond acceptors (Lipinski definition) is 7. The second-order valence-electron chi connectivity index (χ2n) is 3.83. The van der Waals surface area contributed by atoms with Gasteiger partial charge < -0.3 is 30.3 Å². The second-order valence-corrected chi connectivity index (χ2v) is 4.96. The smallest absolute Gasteiger partial charge is 0.132 e. The molecule has 0 aromatic carbocycles. The molecule has 0 aromatic rings. The molecule has 0 amide bonds. The van der Waals surface area contributed by atoms with Gasteiger partial charge in [-0.3, -0.25) is 0 Å². The molecule has 1 rings (SSSR count). The summed E-state index contributed by atoms with van der Waals surface area (Å²) in [4.78, 5) is 0. The van der Waals surface area contributed by atoms with Crippen molar-refractivity contribution in [3.63, 3.8) is 0 Å². The van der Waals surface area contributed by atoms with E-state index in [4.69, 9.17) is 9.84 Å². The highest BCUT2D eigenvalue weighted by Gasteiger charge is 2.43. The summed E-state index contributed by atoms with van der Waals surface area (Å²) in [7, 11) is 0. The molecule has 1 unspecified atom stereocenters. The van der Waals surface area contributed by atoms with Crippen molar-refractivity contribution in [2.75, 3.05) is 12.4 Å². The van der Waals surface area contributed by atoms with Crippen LogP contribution in [0.15, 0.2) is 12.7 Å². The summed E-state index contributed by atoms with van der Waals surface area (Å²) in [5, 5.41) is 46.9. The van der Waals surface area contributed by atoms with Crippen molar-refractivity contribution in [3.05, 3.63) is 12.7 Å². The maximum atomic E-state index is 9.66. The normalized spacial score (nSPS) is 39.9. The van der Waals surface area contributed by atoms with Crippen molar-refractivity contribution < 1.29 is 30.3 Å². The zero-order valence-corrected chi connectivity index (χ0v) is 10.0. The van der Waals surface area contributed by atoms with E-state index >= 15 is 0 Å². The highest BCUT2D eigenvalue weighted by atomic mass is 32.2. The van der Waals surface area contributed by atoms with Gasteiger partial charge >= 0.3 is 0 Å². The van der Waals surface area contributed by atoms with Gasteiger partial charge in [0.25, 0.3) is 0 Å². The van der Waals surface area contributed by atoms with Crippen molar-refractivity contribution in [1.82, 2.24) is 0 Å². The summed E-state index contributed by atoms with van der Waals surface area (Å²) in [6.45, 7) is 2.95. The van der Waals surface area contributed by atoms with Crippen molar-refractivity contribution in [2.45, 2.75) is 36.0 Å². The minimum atomic E-state index is -1.38. The van der Waals surface area contributed by atoms with Crippen LogP contribution in [0.2, 0.25) is 0 Å². The van der Waals surface area contributed by atoms with Gasteiger partial charge in [-0.2, -0.15) is 0 Å². The van der Waals surface area contributed by atoms with Gasteiger partial charge in [0.1, 0.15) is 29.9 Å². The van der Waals surface area contributed by atoms with Gasteiger partial charge in [0.05, 0.1) is 12.7 Å². The maximum absolute atomic E-state index is 9.66. The van der Waals surface area contributed by atoms with E-state index in [9.17, 15) is 20.4 Å². The van der Waals surface area contributed by atoms with Gasteiger partial charge in [-0.25, -0.2) is 0 Å². The van der Waals surface area contributed by atoms with Crippen LogP contribution in [0, 0.1) is 0 Å². The first kappa shape index (κ1) is 14.9. The number of hydrogen-bond donors (Lipinski definition) is 5. The van der Waals surface area contributed by atoms with Crippen LogP contribution >= 0.6 is 11.8 Å². The molecule has 0 aromatic heterocycles. The molecule has 6 atom stereocenters. The molecule has 100 valence electrons. The van der Waals surface area contributed by atoms with E-state index in [1.54, 1.807) is 0 Å². The Morgan fingerprint density at radius 2 is 1.88 bits per heavy atom. The highest BCUT2D eigenvalue weighted by Crippen LogP contribution is 2.28. The lowest BCUT2D eigenvalue weighted by molar-refractivity contribution is -0.205. The van der Waals surface area contributed by atoms with E-state index in [1.807, 2.05) is 0 Å². The van der Waals surface area contributed by atoms with E-state index in [2.05, 4.69) is 6.58 Å². The second kappa shape index (κ2) is 6.69. The number of thioether (sulfide) groups is 1. The lowest BCUT2D eigenvalue weighted by Gasteiger charge is -2.39. The van der Waals surface area contributed by atoms with Crippen LogP contribution in [0.5, 0.6) is 0 Å². The molecule has 0 bridgehead atoms. The Morgan fingerprint density at radius 3 is 2.41 bits per heavy atom.